The average molecular weight is 457 g/mol. The second kappa shape index (κ2) is 8.19. The lowest BCUT2D eigenvalue weighted by Gasteiger charge is -2.20. The van der Waals surface area contributed by atoms with Gasteiger partial charge in [-0.15, -0.1) is 0 Å². The SMILES string of the molecule is CC(OCc1ccccc1)c1cc2c(=O)n(NS(C)(=O)=O)c(=O)[nH]c2cc1C(F)(F)F. The molecule has 0 amide bonds. The summed E-state index contributed by atoms with van der Waals surface area (Å²) in [5.41, 5.74) is -3.39. The summed E-state index contributed by atoms with van der Waals surface area (Å²) in [7, 11) is -4.00. The standard InChI is InChI=1S/C19H18F3N3O5S/c1-11(30-10-12-6-4-3-5-7-12)13-8-14-16(9-15(13)19(20,21)22)23-18(27)25(17(14)26)24-31(2,28)29/h3-9,11,24H,10H2,1-2H3,(H,23,27). The topological polar surface area (TPSA) is 110 Å². The number of aromatic nitrogens is 2. The first-order valence-electron chi connectivity index (χ1n) is 8.90. The molecule has 0 bridgehead atoms. The molecule has 0 saturated heterocycles. The van der Waals surface area contributed by atoms with E-state index < -0.39 is 39.1 Å². The molecule has 1 heterocycles. The minimum atomic E-state index is -4.79. The number of aromatic amines is 1. The van der Waals surface area contributed by atoms with Gasteiger partial charge in [-0.3, -0.25) is 4.79 Å². The van der Waals surface area contributed by atoms with Crippen LogP contribution in [0.15, 0.2) is 52.1 Å². The van der Waals surface area contributed by atoms with Crippen molar-refractivity contribution < 1.29 is 26.3 Å². The zero-order valence-corrected chi connectivity index (χ0v) is 17.2. The second-order valence-corrected chi connectivity index (χ2v) is 8.58. The van der Waals surface area contributed by atoms with Crippen LogP contribution >= 0.6 is 0 Å². The van der Waals surface area contributed by atoms with Gasteiger partial charge < -0.3 is 9.72 Å². The van der Waals surface area contributed by atoms with E-state index in [2.05, 4.69) is 4.98 Å². The fraction of sp³-hybridized carbons (Fsp3) is 0.263. The van der Waals surface area contributed by atoms with Crippen LogP contribution in [0.2, 0.25) is 0 Å². The number of halogens is 3. The molecule has 166 valence electrons. The number of alkyl halides is 3. The number of sulfonamides is 1. The molecule has 0 aliphatic carbocycles. The molecule has 1 atom stereocenters. The van der Waals surface area contributed by atoms with Crippen molar-refractivity contribution in [3.05, 3.63) is 80.0 Å². The lowest BCUT2D eigenvalue weighted by Crippen LogP contribution is -2.43. The van der Waals surface area contributed by atoms with E-state index in [1.54, 1.807) is 35.2 Å². The highest BCUT2D eigenvalue weighted by atomic mass is 32.2. The molecule has 2 aromatic carbocycles. The van der Waals surface area contributed by atoms with Crippen LogP contribution in [-0.4, -0.2) is 24.3 Å². The number of benzene rings is 2. The average Bonchev–Trinajstić information content (AvgIpc) is 2.68. The molecule has 1 unspecified atom stereocenters. The Morgan fingerprint density at radius 1 is 1.16 bits per heavy atom. The molecule has 0 fully saturated rings. The van der Waals surface area contributed by atoms with Crippen molar-refractivity contribution in [1.82, 2.24) is 9.66 Å². The quantitative estimate of drug-likeness (QED) is 0.591. The van der Waals surface area contributed by atoms with Gasteiger partial charge in [0.2, 0.25) is 10.0 Å². The number of fused-ring (bicyclic) bond motifs is 1. The number of nitrogens with zero attached hydrogens (tertiary/aromatic N) is 1. The third-order valence-electron chi connectivity index (χ3n) is 4.41. The smallest absolute Gasteiger partial charge is 0.369 e. The Morgan fingerprint density at radius 2 is 1.81 bits per heavy atom. The molecule has 31 heavy (non-hydrogen) atoms. The van der Waals surface area contributed by atoms with Gasteiger partial charge in [-0.25, -0.2) is 18.0 Å². The minimum Gasteiger partial charge on any atom is -0.369 e. The first kappa shape index (κ1) is 22.6. The molecule has 0 spiro atoms. The van der Waals surface area contributed by atoms with Crippen molar-refractivity contribution in [2.24, 2.45) is 0 Å². The van der Waals surface area contributed by atoms with Gasteiger partial charge in [-0.2, -0.15) is 17.8 Å². The van der Waals surface area contributed by atoms with Crippen molar-refractivity contribution in [3.8, 4) is 0 Å². The number of H-pyrrole nitrogens is 1. The summed E-state index contributed by atoms with van der Waals surface area (Å²) in [5.74, 6) is 0. The summed E-state index contributed by atoms with van der Waals surface area (Å²) in [5, 5.41) is -0.311. The Kier molecular flexibility index (Phi) is 5.96. The van der Waals surface area contributed by atoms with Crippen LogP contribution in [0.5, 0.6) is 0 Å². The van der Waals surface area contributed by atoms with E-state index in [0.29, 0.717) is 6.07 Å². The molecule has 3 rings (SSSR count). The highest BCUT2D eigenvalue weighted by Gasteiger charge is 2.35. The van der Waals surface area contributed by atoms with Crippen LogP contribution in [0.4, 0.5) is 13.2 Å². The fourth-order valence-electron chi connectivity index (χ4n) is 3.00. The Balaban J connectivity index is 2.14. The van der Waals surface area contributed by atoms with E-state index in [4.69, 9.17) is 4.74 Å². The molecule has 0 aliphatic rings. The van der Waals surface area contributed by atoms with Gasteiger partial charge in [-0.05, 0) is 30.2 Å². The van der Waals surface area contributed by atoms with E-state index in [1.165, 1.54) is 6.92 Å². The van der Waals surface area contributed by atoms with E-state index in [0.717, 1.165) is 17.9 Å². The van der Waals surface area contributed by atoms with Crippen LogP contribution in [-0.2, 0) is 27.5 Å². The van der Waals surface area contributed by atoms with Gasteiger partial charge in [-0.1, -0.05) is 30.3 Å². The van der Waals surface area contributed by atoms with E-state index >= 15 is 0 Å². The lowest BCUT2D eigenvalue weighted by atomic mass is 10.00. The van der Waals surface area contributed by atoms with Crippen LogP contribution < -0.4 is 16.1 Å². The summed E-state index contributed by atoms with van der Waals surface area (Å²) in [6.07, 6.45) is -5.13. The second-order valence-electron chi connectivity index (χ2n) is 6.86. The number of hydrogen-bond acceptors (Lipinski definition) is 5. The van der Waals surface area contributed by atoms with Crippen molar-refractivity contribution in [3.63, 3.8) is 0 Å². The van der Waals surface area contributed by atoms with Crippen LogP contribution in [0, 0.1) is 0 Å². The Labute approximate surface area is 174 Å². The van der Waals surface area contributed by atoms with Gasteiger partial charge in [0.15, 0.2) is 0 Å². The maximum Gasteiger partial charge on any atom is 0.416 e. The molecule has 3 aromatic rings. The summed E-state index contributed by atoms with van der Waals surface area (Å²) >= 11 is 0. The van der Waals surface area contributed by atoms with Gasteiger partial charge in [0.05, 0.1) is 35.4 Å². The molecule has 0 radical (unpaired) electrons. The first-order chi connectivity index (χ1) is 14.4. The summed E-state index contributed by atoms with van der Waals surface area (Å²) in [6.45, 7) is 1.43. The summed E-state index contributed by atoms with van der Waals surface area (Å²) < 4.78 is 69.7. The Morgan fingerprint density at radius 3 is 2.39 bits per heavy atom. The van der Waals surface area contributed by atoms with Gasteiger partial charge in [0.1, 0.15) is 0 Å². The maximum absolute atomic E-state index is 13.7. The van der Waals surface area contributed by atoms with Crippen molar-refractivity contribution >= 4 is 20.9 Å². The highest BCUT2D eigenvalue weighted by Crippen LogP contribution is 2.37. The van der Waals surface area contributed by atoms with Crippen molar-refractivity contribution in [1.29, 1.82) is 0 Å². The fourth-order valence-corrected chi connectivity index (χ4v) is 3.49. The number of rotatable bonds is 6. The summed E-state index contributed by atoms with van der Waals surface area (Å²) in [6, 6.07) is 10.4. The van der Waals surface area contributed by atoms with E-state index in [-0.39, 0.29) is 27.7 Å². The number of hydrogen-bond donors (Lipinski definition) is 2. The van der Waals surface area contributed by atoms with Crippen molar-refractivity contribution in [2.75, 3.05) is 11.1 Å². The largest absolute Gasteiger partial charge is 0.416 e. The molecule has 12 heteroatoms. The molecule has 0 saturated carbocycles. The first-order valence-corrected chi connectivity index (χ1v) is 10.8. The Hall–Kier alpha value is -3.12. The van der Waals surface area contributed by atoms with Crippen LogP contribution in [0.1, 0.15) is 29.7 Å². The van der Waals surface area contributed by atoms with Gasteiger partial charge in [0.25, 0.3) is 5.56 Å². The Bertz CT molecular complexity index is 1330. The predicted octanol–water partition coefficient (Wildman–Crippen LogP) is 2.49. The van der Waals surface area contributed by atoms with Crippen LogP contribution in [0.3, 0.4) is 0 Å². The zero-order chi connectivity index (χ0) is 23.0. The van der Waals surface area contributed by atoms with Crippen LogP contribution in [0.25, 0.3) is 10.9 Å². The summed E-state index contributed by atoms with van der Waals surface area (Å²) in [4.78, 5) is 28.5. The molecular formula is C19H18F3N3O5S. The molecule has 2 N–H and O–H groups in total. The molecule has 0 aliphatic heterocycles. The molecular weight excluding hydrogens is 439 g/mol. The zero-order valence-electron chi connectivity index (χ0n) is 16.4. The molecule has 1 aromatic heterocycles. The van der Waals surface area contributed by atoms with Crippen molar-refractivity contribution in [2.45, 2.75) is 25.8 Å². The highest BCUT2D eigenvalue weighted by molar-refractivity contribution is 7.91. The predicted molar refractivity (Wildman–Crippen MR) is 108 cm³/mol. The monoisotopic (exact) mass is 457 g/mol. The van der Waals surface area contributed by atoms with E-state index in [9.17, 15) is 31.2 Å². The number of ether oxygens (including phenoxy) is 1. The minimum absolute atomic E-state index is 0.0306. The normalized spacial score (nSPS) is 13.3. The van der Waals surface area contributed by atoms with E-state index in [1.807, 2.05) is 0 Å². The van der Waals surface area contributed by atoms with Gasteiger partial charge in [0, 0.05) is 0 Å². The third-order valence-corrected chi connectivity index (χ3v) is 4.93. The lowest BCUT2D eigenvalue weighted by molar-refractivity contribution is -0.139. The number of nitrogens with one attached hydrogen (secondary N) is 2. The van der Waals surface area contributed by atoms with Gasteiger partial charge >= 0.3 is 11.9 Å². The maximum atomic E-state index is 13.7. The molecule has 8 nitrogen and oxygen atoms in total. The third kappa shape index (κ3) is 5.14.